The second-order valence-corrected chi connectivity index (χ2v) is 3.64. The molecule has 1 heterocycles. The third-order valence-corrected chi connectivity index (χ3v) is 2.45. The highest BCUT2D eigenvalue weighted by atomic mass is 32.2. The smallest absolute Gasteiger partial charge is 0.379 e. The van der Waals surface area contributed by atoms with Crippen LogP contribution in [-0.2, 0) is 9.53 Å². The van der Waals surface area contributed by atoms with Gasteiger partial charge in [0.05, 0.1) is 12.2 Å². The highest BCUT2D eigenvalue weighted by Gasteiger charge is 2.22. The van der Waals surface area contributed by atoms with Gasteiger partial charge in [0, 0.05) is 11.1 Å². The third kappa shape index (κ3) is 2.79. The van der Waals surface area contributed by atoms with Crippen LogP contribution in [0, 0.1) is 5.95 Å². The molecule has 0 amide bonds. The zero-order chi connectivity index (χ0) is 12.1. The summed E-state index contributed by atoms with van der Waals surface area (Å²) in [5, 5.41) is 0. The summed E-state index contributed by atoms with van der Waals surface area (Å²) >= 11 is 1.30. The standard InChI is InChI=1S/C10H10FNO3S/c1-3-15-10(14)8(13)7-4-6(16-2)5-12-9(7)11/h4-5H,3H2,1-2H3. The van der Waals surface area contributed by atoms with Gasteiger partial charge in [0.2, 0.25) is 5.95 Å². The average molecular weight is 243 g/mol. The molecule has 0 fully saturated rings. The van der Waals surface area contributed by atoms with Crippen LogP contribution in [0.2, 0.25) is 0 Å². The summed E-state index contributed by atoms with van der Waals surface area (Å²) in [7, 11) is 0. The van der Waals surface area contributed by atoms with E-state index in [9.17, 15) is 14.0 Å². The van der Waals surface area contributed by atoms with Gasteiger partial charge in [-0.15, -0.1) is 11.8 Å². The van der Waals surface area contributed by atoms with Crippen LogP contribution >= 0.6 is 11.8 Å². The molecule has 0 spiro atoms. The first-order chi connectivity index (χ1) is 7.60. The van der Waals surface area contributed by atoms with Crippen molar-refractivity contribution >= 4 is 23.5 Å². The van der Waals surface area contributed by atoms with Gasteiger partial charge in [-0.1, -0.05) is 0 Å². The summed E-state index contributed by atoms with van der Waals surface area (Å²) < 4.78 is 17.7. The molecule has 0 radical (unpaired) electrons. The lowest BCUT2D eigenvalue weighted by atomic mass is 10.2. The maximum absolute atomic E-state index is 13.2. The number of pyridine rings is 1. The molecule has 0 bridgehead atoms. The number of esters is 1. The second kappa shape index (κ2) is 5.60. The molecule has 0 aliphatic carbocycles. The van der Waals surface area contributed by atoms with Crippen LogP contribution in [0.5, 0.6) is 0 Å². The van der Waals surface area contributed by atoms with Crippen molar-refractivity contribution in [2.75, 3.05) is 12.9 Å². The Balaban J connectivity index is 3.02. The minimum absolute atomic E-state index is 0.0713. The molecule has 0 saturated heterocycles. The van der Waals surface area contributed by atoms with Crippen LogP contribution in [0.25, 0.3) is 0 Å². The van der Waals surface area contributed by atoms with Crippen molar-refractivity contribution in [3.63, 3.8) is 0 Å². The molecule has 16 heavy (non-hydrogen) atoms. The number of thioether (sulfide) groups is 1. The van der Waals surface area contributed by atoms with Gasteiger partial charge in [-0.25, -0.2) is 9.78 Å². The van der Waals surface area contributed by atoms with E-state index in [0.717, 1.165) is 0 Å². The van der Waals surface area contributed by atoms with Crippen molar-refractivity contribution in [1.82, 2.24) is 4.98 Å². The molecule has 0 aliphatic heterocycles. The largest absolute Gasteiger partial charge is 0.460 e. The predicted molar refractivity (Wildman–Crippen MR) is 56.9 cm³/mol. The Kier molecular flexibility index (Phi) is 4.42. The van der Waals surface area contributed by atoms with Crippen molar-refractivity contribution in [2.24, 2.45) is 0 Å². The number of carbonyl (C=O) groups is 2. The molecule has 4 nitrogen and oxygen atoms in total. The number of carbonyl (C=O) groups excluding carboxylic acids is 2. The summed E-state index contributed by atoms with van der Waals surface area (Å²) in [6.45, 7) is 1.64. The summed E-state index contributed by atoms with van der Waals surface area (Å²) in [5.74, 6) is -3.04. The number of ketones is 1. The number of ether oxygens (including phenoxy) is 1. The molecule has 86 valence electrons. The maximum atomic E-state index is 13.2. The van der Waals surface area contributed by atoms with Crippen molar-refractivity contribution in [3.05, 3.63) is 23.8 Å². The lowest BCUT2D eigenvalue weighted by Crippen LogP contribution is -2.19. The Morgan fingerprint density at radius 1 is 1.56 bits per heavy atom. The molecule has 6 heteroatoms. The molecular weight excluding hydrogens is 233 g/mol. The van der Waals surface area contributed by atoms with Crippen LogP contribution in [0.3, 0.4) is 0 Å². The lowest BCUT2D eigenvalue weighted by Gasteiger charge is -2.03. The molecular formula is C10H10FNO3S. The number of rotatable bonds is 4. The van der Waals surface area contributed by atoms with Crippen molar-refractivity contribution < 1.29 is 18.7 Å². The first kappa shape index (κ1) is 12.6. The van der Waals surface area contributed by atoms with Gasteiger partial charge in [0.1, 0.15) is 0 Å². The monoisotopic (exact) mass is 243 g/mol. The van der Waals surface area contributed by atoms with Gasteiger partial charge in [0.15, 0.2) is 0 Å². The van der Waals surface area contributed by atoms with E-state index >= 15 is 0 Å². The number of hydrogen-bond acceptors (Lipinski definition) is 5. The SMILES string of the molecule is CCOC(=O)C(=O)c1cc(SC)cnc1F. The van der Waals surface area contributed by atoms with Crippen molar-refractivity contribution in [1.29, 1.82) is 0 Å². The van der Waals surface area contributed by atoms with Crippen LogP contribution in [0.1, 0.15) is 17.3 Å². The molecule has 0 N–H and O–H groups in total. The summed E-state index contributed by atoms with van der Waals surface area (Å²) in [5.41, 5.74) is -0.356. The molecule has 0 aliphatic rings. The van der Waals surface area contributed by atoms with Gasteiger partial charge >= 0.3 is 5.97 Å². The van der Waals surface area contributed by atoms with Crippen LogP contribution in [0.15, 0.2) is 17.2 Å². The van der Waals surface area contributed by atoms with E-state index in [1.807, 2.05) is 0 Å². The van der Waals surface area contributed by atoms with E-state index in [1.165, 1.54) is 24.0 Å². The summed E-state index contributed by atoms with van der Waals surface area (Å²) in [6.07, 6.45) is 3.05. The van der Waals surface area contributed by atoms with E-state index in [2.05, 4.69) is 9.72 Å². The Labute approximate surface area is 96.2 Å². The zero-order valence-corrected chi connectivity index (χ0v) is 9.64. The molecule has 1 aromatic rings. The average Bonchev–Trinajstić information content (AvgIpc) is 2.29. The molecule has 1 aromatic heterocycles. The molecule has 0 aromatic carbocycles. The van der Waals surface area contributed by atoms with Gasteiger partial charge in [-0.3, -0.25) is 4.79 Å². The van der Waals surface area contributed by atoms with E-state index in [0.29, 0.717) is 4.90 Å². The van der Waals surface area contributed by atoms with Crippen molar-refractivity contribution in [3.8, 4) is 0 Å². The minimum Gasteiger partial charge on any atom is -0.460 e. The van der Waals surface area contributed by atoms with Crippen LogP contribution in [0.4, 0.5) is 4.39 Å². The van der Waals surface area contributed by atoms with Crippen LogP contribution < -0.4 is 0 Å². The van der Waals surface area contributed by atoms with Gasteiger partial charge in [0.25, 0.3) is 5.78 Å². The normalized spacial score (nSPS) is 9.94. The summed E-state index contributed by atoms with van der Waals surface area (Å²) in [6, 6.07) is 1.28. The highest BCUT2D eigenvalue weighted by molar-refractivity contribution is 7.98. The Morgan fingerprint density at radius 3 is 2.81 bits per heavy atom. The third-order valence-electron chi connectivity index (χ3n) is 1.76. The maximum Gasteiger partial charge on any atom is 0.379 e. The first-order valence-corrected chi connectivity index (χ1v) is 5.73. The minimum atomic E-state index is -1.07. The molecule has 1 rings (SSSR count). The van der Waals surface area contributed by atoms with E-state index in [-0.39, 0.29) is 12.2 Å². The number of aromatic nitrogens is 1. The number of halogens is 1. The quantitative estimate of drug-likeness (QED) is 0.265. The topological polar surface area (TPSA) is 56.3 Å². The fourth-order valence-electron chi connectivity index (χ4n) is 1.01. The molecule has 0 unspecified atom stereocenters. The Hall–Kier alpha value is -1.43. The van der Waals surface area contributed by atoms with E-state index in [1.54, 1.807) is 13.2 Å². The fourth-order valence-corrected chi connectivity index (χ4v) is 1.40. The van der Waals surface area contributed by atoms with Gasteiger partial charge < -0.3 is 4.74 Å². The van der Waals surface area contributed by atoms with Crippen LogP contribution in [-0.4, -0.2) is 29.6 Å². The Morgan fingerprint density at radius 2 is 2.25 bits per heavy atom. The number of nitrogens with zero attached hydrogens (tertiary/aromatic N) is 1. The van der Waals surface area contributed by atoms with E-state index < -0.39 is 17.7 Å². The van der Waals surface area contributed by atoms with Gasteiger partial charge in [-0.05, 0) is 19.2 Å². The predicted octanol–water partition coefficient (Wildman–Crippen LogP) is 1.69. The lowest BCUT2D eigenvalue weighted by molar-refractivity contribution is -0.137. The molecule has 0 saturated carbocycles. The van der Waals surface area contributed by atoms with Gasteiger partial charge in [-0.2, -0.15) is 4.39 Å². The number of hydrogen-bond donors (Lipinski definition) is 0. The zero-order valence-electron chi connectivity index (χ0n) is 8.82. The van der Waals surface area contributed by atoms with E-state index in [4.69, 9.17) is 0 Å². The fraction of sp³-hybridized carbons (Fsp3) is 0.300. The highest BCUT2D eigenvalue weighted by Crippen LogP contribution is 2.17. The number of Topliss-reactive ketones (excluding diaryl/α,β-unsaturated/α-hetero) is 1. The van der Waals surface area contributed by atoms with Crippen molar-refractivity contribution in [2.45, 2.75) is 11.8 Å². The first-order valence-electron chi connectivity index (χ1n) is 4.51. The summed E-state index contributed by atoms with van der Waals surface area (Å²) in [4.78, 5) is 26.6. The Bertz CT molecular complexity index is 423. The molecule has 0 atom stereocenters. The second-order valence-electron chi connectivity index (χ2n) is 2.76.